The lowest BCUT2D eigenvalue weighted by atomic mass is 10.2. The van der Waals surface area contributed by atoms with Gasteiger partial charge in [-0.15, -0.1) is 11.3 Å². The van der Waals surface area contributed by atoms with Crippen molar-refractivity contribution in [3.8, 4) is 0 Å². The Morgan fingerprint density at radius 1 is 1.39 bits per heavy atom. The highest BCUT2D eigenvalue weighted by Gasteiger charge is 2.14. The average Bonchev–Trinajstić information content (AvgIpc) is 2.91. The normalized spacial score (nSPS) is 13.7. The number of nitrogens with one attached hydrogen (secondary N) is 1. The lowest BCUT2D eigenvalue weighted by Gasteiger charge is -2.07. The molecule has 0 aromatic carbocycles. The molecule has 0 spiro atoms. The largest absolute Gasteiger partial charge is 0.365 e. The molecular weight excluding hydrogens is 266 g/mol. The summed E-state index contributed by atoms with van der Waals surface area (Å²) in [4.78, 5) is 11.1. The van der Waals surface area contributed by atoms with Crippen LogP contribution < -0.4 is 5.32 Å². The van der Waals surface area contributed by atoms with E-state index in [1.165, 1.54) is 36.0 Å². The zero-order chi connectivity index (χ0) is 12.5. The Labute approximate surface area is 115 Å². The first-order valence-electron chi connectivity index (χ1n) is 6.05. The second-order valence-corrected chi connectivity index (χ2v) is 6.09. The third-order valence-electron chi connectivity index (χ3n) is 3.25. The van der Waals surface area contributed by atoms with Crippen molar-refractivity contribution in [2.45, 2.75) is 32.7 Å². The van der Waals surface area contributed by atoms with E-state index < -0.39 is 0 Å². The van der Waals surface area contributed by atoms with E-state index in [-0.39, 0.29) is 0 Å². The van der Waals surface area contributed by atoms with E-state index in [2.05, 4.69) is 21.4 Å². The molecule has 0 atom stereocenters. The number of nitrogens with zero attached hydrogens (tertiary/aromatic N) is 2. The van der Waals surface area contributed by atoms with Crippen LogP contribution in [0, 0.1) is 6.92 Å². The molecule has 2 aromatic heterocycles. The molecule has 0 bridgehead atoms. The van der Waals surface area contributed by atoms with Crippen molar-refractivity contribution in [3.05, 3.63) is 38.4 Å². The molecule has 3 rings (SSSR count). The predicted molar refractivity (Wildman–Crippen MR) is 75.4 cm³/mol. The minimum atomic E-state index is 0.515. The van der Waals surface area contributed by atoms with Crippen molar-refractivity contribution in [1.29, 1.82) is 0 Å². The first-order chi connectivity index (χ1) is 8.74. The van der Waals surface area contributed by atoms with E-state index in [4.69, 9.17) is 11.6 Å². The number of halogens is 1. The number of rotatable bonds is 3. The third kappa shape index (κ3) is 2.22. The van der Waals surface area contributed by atoms with Crippen LogP contribution in [-0.2, 0) is 19.4 Å². The number of anilines is 1. The van der Waals surface area contributed by atoms with Gasteiger partial charge in [-0.2, -0.15) is 0 Å². The first-order valence-corrected chi connectivity index (χ1v) is 7.25. The van der Waals surface area contributed by atoms with Gasteiger partial charge in [-0.1, -0.05) is 11.6 Å². The lowest BCUT2D eigenvalue weighted by Crippen LogP contribution is -2.03. The number of fused-ring (bicyclic) bond motifs is 1. The van der Waals surface area contributed by atoms with Gasteiger partial charge in [0.1, 0.15) is 17.3 Å². The van der Waals surface area contributed by atoms with Crippen LogP contribution in [0.15, 0.2) is 12.4 Å². The molecule has 0 fully saturated rings. The minimum Gasteiger partial charge on any atom is -0.365 e. The highest BCUT2D eigenvalue weighted by atomic mass is 35.5. The van der Waals surface area contributed by atoms with Gasteiger partial charge in [0.05, 0.1) is 6.54 Å². The maximum Gasteiger partial charge on any atom is 0.137 e. The Morgan fingerprint density at radius 3 is 3.11 bits per heavy atom. The van der Waals surface area contributed by atoms with Gasteiger partial charge in [-0.05, 0) is 37.8 Å². The monoisotopic (exact) mass is 279 g/mol. The summed E-state index contributed by atoms with van der Waals surface area (Å²) >= 11 is 7.88. The van der Waals surface area contributed by atoms with Crippen molar-refractivity contribution in [3.63, 3.8) is 0 Å². The van der Waals surface area contributed by atoms with Crippen LogP contribution in [-0.4, -0.2) is 9.97 Å². The number of hydrogen-bond acceptors (Lipinski definition) is 4. The Balaban J connectivity index is 1.72. The van der Waals surface area contributed by atoms with Crippen LogP contribution in [0.5, 0.6) is 0 Å². The van der Waals surface area contributed by atoms with Crippen LogP contribution in [0.3, 0.4) is 0 Å². The van der Waals surface area contributed by atoms with E-state index in [0.717, 1.165) is 17.9 Å². The molecule has 0 unspecified atom stereocenters. The maximum absolute atomic E-state index is 5.97. The van der Waals surface area contributed by atoms with Crippen LogP contribution in [0.25, 0.3) is 0 Å². The molecule has 3 nitrogen and oxygen atoms in total. The Hall–Kier alpha value is -1.13. The number of hydrogen-bond donors (Lipinski definition) is 1. The van der Waals surface area contributed by atoms with Crippen LogP contribution in [0.4, 0.5) is 5.82 Å². The first kappa shape index (κ1) is 11.9. The fourth-order valence-corrected chi connectivity index (χ4v) is 3.59. The third-order valence-corrected chi connectivity index (χ3v) is 4.87. The topological polar surface area (TPSA) is 37.8 Å². The Morgan fingerprint density at radius 2 is 2.28 bits per heavy atom. The molecule has 2 heterocycles. The number of thiophene rings is 1. The van der Waals surface area contributed by atoms with E-state index in [1.54, 1.807) is 4.88 Å². The predicted octanol–water partition coefficient (Wildman–Crippen LogP) is 3.60. The molecule has 1 aliphatic carbocycles. The summed E-state index contributed by atoms with van der Waals surface area (Å²) in [5.74, 6) is 0.823. The SMILES string of the molecule is Cc1c(Cl)ncnc1NCc1cc2c(s1)CCC2. The summed E-state index contributed by atoms with van der Waals surface area (Å²) in [6.45, 7) is 2.74. The highest BCUT2D eigenvalue weighted by molar-refractivity contribution is 7.12. The Kier molecular flexibility index (Phi) is 3.22. The molecule has 0 aliphatic heterocycles. The zero-order valence-electron chi connectivity index (χ0n) is 10.2. The van der Waals surface area contributed by atoms with Gasteiger partial charge in [0.2, 0.25) is 0 Å². The van der Waals surface area contributed by atoms with Gasteiger partial charge in [0, 0.05) is 15.3 Å². The van der Waals surface area contributed by atoms with Gasteiger partial charge in [-0.3, -0.25) is 0 Å². The molecule has 2 aromatic rings. The smallest absolute Gasteiger partial charge is 0.137 e. The average molecular weight is 280 g/mol. The molecule has 0 amide bonds. The van der Waals surface area contributed by atoms with E-state index in [1.807, 2.05) is 18.3 Å². The highest BCUT2D eigenvalue weighted by Crippen LogP contribution is 2.31. The second kappa shape index (κ2) is 4.86. The number of aromatic nitrogens is 2. The summed E-state index contributed by atoms with van der Waals surface area (Å²) in [6, 6.07) is 2.32. The van der Waals surface area contributed by atoms with Crippen molar-refractivity contribution < 1.29 is 0 Å². The van der Waals surface area contributed by atoms with Crippen molar-refractivity contribution in [2.24, 2.45) is 0 Å². The maximum atomic E-state index is 5.97. The standard InChI is InChI=1S/C13H14ClN3S/c1-8-12(14)16-7-17-13(8)15-6-10-5-9-3-2-4-11(9)18-10/h5,7H,2-4,6H2,1H3,(H,15,16,17). The lowest BCUT2D eigenvalue weighted by molar-refractivity contribution is 0.913. The van der Waals surface area contributed by atoms with Crippen molar-refractivity contribution in [2.75, 3.05) is 5.32 Å². The van der Waals surface area contributed by atoms with E-state index >= 15 is 0 Å². The van der Waals surface area contributed by atoms with Gasteiger partial charge >= 0.3 is 0 Å². The van der Waals surface area contributed by atoms with Gasteiger partial charge < -0.3 is 5.32 Å². The molecule has 1 aliphatic rings. The quantitative estimate of drug-likeness (QED) is 0.873. The molecule has 18 heavy (non-hydrogen) atoms. The Bertz CT molecular complexity index is 558. The van der Waals surface area contributed by atoms with Gasteiger partial charge in [0.15, 0.2) is 0 Å². The van der Waals surface area contributed by atoms with E-state index in [9.17, 15) is 0 Å². The van der Waals surface area contributed by atoms with Crippen molar-refractivity contribution in [1.82, 2.24) is 9.97 Å². The summed E-state index contributed by atoms with van der Waals surface area (Å²) in [7, 11) is 0. The summed E-state index contributed by atoms with van der Waals surface area (Å²) in [6.07, 6.45) is 5.30. The van der Waals surface area contributed by atoms with Crippen LogP contribution >= 0.6 is 22.9 Å². The van der Waals surface area contributed by atoms with Crippen LogP contribution in [0.2, 0.25) is 5.15 Å². The molecule has 0 radical (unpaired) electrons. The molecule has 94 valence electrons. The zero-order valence-corrected chi connectivity index (χ0v) is 11.7. The minimum absolute atomic E-state index is 0.515. The fourth-order valence-electron chi connectivity index (χ4n) is 2.26. The van der Waals surface area contributed by atoms with Crippen LogP contribution in [0.1, 0.15) is 27.3 Å². The fraction of sp³-hybridized carbons (Fsp3) is 0.385. The summed E-state index contributed by atoms with van der Waals surface area (Å²) in [5, 5.41) is 3.85. The summed E-state index contributed by atoms with van der Waals surface area (Å²) < 4.78 is 0. The summed E-state index contributed by atoms with van der Waals surface area (Å²) in [5.41, 5.74) is 2.44. The second-order valence-electron chi connectivity index (χ2n) is 4.51. The van der Waals surface area contributed by atoms with Gasteiger partial charge in [-0.25, -0.2) is 9.97 Å². The molecule has 5 heteroatoms. The molecule has 1 N–H and O–H groups in total. The molecular formula is C13H14ClN3S. The number of aryl methyl sites for hydroxylation is 2. The van der Waals surface area contributed by atoms with Gasteiger partial charge in [0.25, 0.3) is 0 Å². The molecule has 0 saturated carbocycles. The van der Waals surface area contributed by atoms with Crippen molar-refractivity contribution >= 4 is 28.8 Å². The molecule has 0 saturated heterocycles. The van der Waals surface area contributed by atoms with E-state index in [0.29, 0.717) is 5.15 Å².